The van der Waals surface area contributed by atoms with Crippen molar-refractivity contribution in [3.63, 3.8) is 0 Å². The second-order valence-corrected chi connectivity index (χ2v) is 5.70. The standard InChI is InChI=1S/C13H18BrN/c1-4-13(3)8-9(2)10-6-5-7-11(14)12(10)15-13/h5-7,9,15H,4,8H2,1-3H3. The Morgan fingerprint density at radius 1 is 1.53 bits per heavy atom. The van der Waals surface area contributed by atoms with Gasteiger partial charge < -0.3 is 5.32 Å². The van der Waals surface area contributed by atoms with Crippen LogP contribution in [-0.4, -0.2) is 5.54 Å². The van der Waals surface area contributed by atoms with Crippen LogP contribution in [0.4, 0.5) is 5.69 Å². The molecule has 0 fully saturated rings. The first-order valence-corrected chi connectivity index (χ1v) is 6.41. The minimum Gasteiger partial charge on any atom is -0.379 e. The molecule has 0 radical (unpaired) electrons. The van der Waals surface area contributed by atoms with Crippen molar-refractivity contribution in [2.45, 2.75) is 45.1 Å². The average Bonchev–Trinajstić information content (AvgIpc) is 2.20. The lowest BCUT2D eigenvalue weighted by molar-refractivity contribution is 0.407. The van der Waals surface area contributed by atoms with E-state index in [1.807, 2.05) is 0 Å². The number of rotatable bonds is 1. The summed E-state index contributed by atoms with van der Waals surface area (Å²) in [6, 6.07) is 6.46. The Bertz CT molecular complexity index is 375. The van der Waals surface area contributed by atoms with E-state index in [9.17, 15) is 0 Å². The number of anilines is 1. The number of hydrogen-bond donors (Lipinski definition) is 1. The van der Waals surface area contributed by atoms with Crippen LogP contribution in [0.2, 0.25) is 0 Å². The van der Waals surface area contributed by atoms with Gasteiger partial charge in [0.15, 0.2) is 0 Å². The predicted molar refractivity (Wildman–Crippen MR) is 69.5 cm³/mol. The van der Waals surface area contributed by atoms with Crippen LogP contribution in [-0.2, 0) is 0 Å². The van der Waals surface area contributed by atoms with E-state index in [0.29, 0.717) is 5.92 Å². The number of nitrogens with one attached hydrogen (secondary N) is 1. The Morgan fingerprint density at radius 2 is 2.27 bits per heavy atom. The molecule has 0 aliphatic carbocycles. The van der Waals surface area contributed by atoms with E-state index >= 15 is 0 Å². The molecule has 1 N–H and O–H groups in total. The third-order valence-electron chi connectivity index (χ3n) is 3.54. The molecule has 0 aromatic heterocycles. The lowest BCUT2D eigenvalue weighted by atomic mass is 9.79. The Labute approximate surface area is 100 Å². The van der Waals surface area contributed by atoms with E-state index in [0.717, 1.165) is 6.42 Å². The molecule has 0 bridgehead atoms. The van der Waals surface area contributed by atoms with Crippen LogP contribution < -0.4 is 5.32 Å². The summed E-state index contributed by atoms with van der Waals surface area (Å²) in [4.78, 5) is 0. The van der Waals surface area contributed by atoms with E-state index in [2.05, 4.69) is 60.2 Å². The van der Waals surface area contributed by atoms with E-state index < -0.39 is 0 Å². The molecule has 1 aliphatic heterocycles. The highest BCUT2D eigenvalue weighted by atomic mass is 79.9. The van der Waals surface area contributed by atoms with Crippen molar-refractivity contribution in [3.8, 4) is 0 Å². The normalized spacial score (nSPS) is 29.5. The fourth-order valence-corrected chi connectivity index (χ4v) is 2.94. The molecular formula is C13H18BrN. The zero-order chi connectivity index (χ0) is 11.1. The van der Waals surface area contributed by atoms with Crippen LogP contribution in [0.5, 0.6) is 0 Å². The third kappa shape index (κ3) is 1.92. The second kappa shape index (κ2) is 3.82. The molecule has 0 spiro atoms. The van der Waals surface area contributed by atoms with Crippen molar-refractivity contribution >= 4 is 21.6 Å². The zero-order valence-corrected chi connectivity index (χ0v) is 11.2. The molecule has 2 rings (SSSR count). The molecule has 1 aliphatic rings. The van der Waals surface area contributed by atoms with Crippen LogP contribution in [0.15, 0.2) is 22.7 Å². The summed E-state index contributed by atoms with van der Waals surface area (Å²) in [5, 5.41) is 3.67. The molecule has 0 amide bonds. The molecule has 1 heterocycles. The number of para-hydroxylation sites is 1. The van der Waals surface area contributed by atoms with Gasteiger partial charge in [0.05, 0.1) is 5.69 Å². The Hall–Kier alpha value is -0.500. The number of halogens is 1. The molecule has 1 nitrogen and oxygen atoms in total. The molecule has 2 atom stereocenters. The maximum absolute atomic E-state index is 3.67. The van der Waals surface area contributed by atoms with Gasteiger partial charge in [-0.2, -0.15) is 0 Å². The first kappa shape index (κ1) is 11.0. The minimum atomic E-state index is 0.246. The first-order valence-electron chi connectivity index (χ1n) is 5.62. The zero-order valence-electron chi connectivity index (χ0n) is 9.60. The molecular weight excluding hydrogens is 250 g/mol. The lowest BCUT2D eigenvalue weighted by Crippen LogP contribution is -2.39. The minimum absolute atomic E-state index is 0.246. The first-order chi connectivity index (χ1) is 7.06. The van der Waals surface area contributed by atoms with Crippen LogP contribution in [0, 0.1) is 0 Å². The van der Waals surface area contributed by atoms with E-state index in [-0.39, 0.29) is 5.54 Å². The summed E-state index contributed by atoms with van der Waals surface area (Å²) in [6.45, 7) is 6.88. The van der Waals surface area contributed by atoms with Crippen molar-refractivity contribution in [2.75, 3.05) is 5.32 Å². The summed E-state index contributed by atoms with van der Waals surface area (Å²) < 4.78 is 1.19. The van der Waals surface area contributed by atoms with Crippen LogP contribution in [0.1, 0.15) is 45.1 Å². The summed E-state index contributed by atoms with van der Waals surface area (Å²) in [6.07, 6.45) is 2.38. The predicted octanol–water partition coefficient (Wildman–Crippen LogP) is 4.54. The topological polar surface area (TPSA) is 12.0 Å². The maximum Gasteiger partial charge on any atom is 0.0524 e. The van der Waals surface area contributed by atoms with Crippen molar-refractivity contribution in [1.29, 1.82) is 0 Å². The Morgan fingerprint density at radius 3 is 2.93 bits per heavy atom. The van der Waals surface area contributed by atoms with Gasteiger partial charge in [-0.25, -0.2) is 0 Å². The molecule has 2 heteroatoms. The van der Waals surface area contributed by atoms with Gasteiger partial charge in [0.2, 0.25) is 0 Å². The summed E-state index contributed by atoms with van der Waals surface area (Å²) in [5.74, 6) is 0.642. The van der Waals surface area contributed by atoms with E-state index in [1.165, 1.54) is 22.1 Å². The highest BCUT2D eigenvalue weighted by molar-refractivity contribution is 9.10. The molecule has 0 saturated heterocycles. The highest BCUT2D eigenvalue weighted by Crippen LogP contribution is 2.43. The Balaban J connectivity index is 2.46. The van der Waals surface area contributed by atoms with Gasteiger partial charge in [0.1, 0.15) is 0 Å². The quantitative estimate of drug-likeness (QED) is 0.788. The molecule has 2 unspecified atom stereocenters. The largest absolute Gasteiger partial charge is 0.379 e. The molecule has 15 heavy (non-hydrogen) atoms. The van der Waals surface area contributed by atoms with Gasteiger partial charge in [-0.15, -0.1) is 0 Å². The van der Waals surface area contributed by atoms with Gasteiger partial charge in [0, 0.05) is 10.0 Å². The van der Waals surface area contributed by atoms with E-state index in [4.69, 9.17) is 0 Å². The highest BCUT2D eigenvalue weighted by Gasteiger charge is 2.32. The average molecular weight is 268 g/mol. The van der Waals surface area contributed by atoms with Crippen molar-refractivity contribution in [3.05, 3.63) is 28.2 Å². The summed E-state index contributed by atoms with van der Waals surface area (Å²) >= 11 is 3.63. The molecule has 1 aromatic carbocycles. The van der Waals surface area contributed by atoms with Crippen molar-refractivity contribution in [2.24, 2.45) is 0 Å². The van der Waals surface area contributed by atoms with Crippen molar-refractivity contribution < 1.29 is 0 Å². The maximum atomic E-state index is 3.67. The van der Waals surface area contributed by atoms with Crippen molar-refractivity contribution in [1.82, 2.24) is 0 Å². The summed E-state index contributed by atoms with van der Waals surface area (Å²) in [5.41, 5.74) is 2.98. The fourth-order valence-electron chi connectivity index (χ4n) is 2.45. The SMILES string of the molecule is CCC1(C)CC(C)c2cccc(Br)c2N1. The number of benzene rings is 1. The van der Waals surface area contributed by atoms with Gasteiger partial charge in [-0.3, -0.25) is 0 Å². The van der Waals surface area contributed by atoms with Crippen LogP contribution >= 0.6 is 15.9 Å². The molecule has 82 valence electrons. The lowest BCUT2D eigenvalue weighted by Gasteiger charge is -2.40. The smallest absolute Gasteiger partial charge is 0.0524 e. The number of hydrogen-bond acceptors (Lipinski definition) is 1. The van der Waals surface area contributed by atoms with Gasteiger partial charge in [-0.05, 0) is 53.2 Å². The van der Waals surface area contributed by atoms with Gasteiger partial charge in [-0.1, -0.05) is 26.0 Å². The third-order valence-corrected chi connectivity index (χ3v) is 4.20. The fraction of sp³-hybridized carbons (Fsp3) is 0.538. The number of fused-ring (bicyclic) bond motifs is 1. The van der Waals surface area contributed by atoms with Crippen LogP contribution in [0.25, 0.3) is 0 Å². The molecule has 1 aromatic rings. The summed E-state index contributed by atoms with van der Waals surface area (Å²) in [7, 11) is 0. The van der Waals surface area contributed by atoms with Gasteiger partial charge >= 0.3 is 0 Å². The molecule has 0 saturated carbocycles. The monoisotopic (exact) mass is 267 g/mol. The van der Waals surface area contributed by atoms with Gasteiger partial charge in [0.25, 0.3) is 0 Å². The second-order valence-electron chi connectivity index (χ2n) is 4.85. The van der Waals surface area contributed by atoms with Crippen LogP contribution in [0.3, 0.4) is 0 Å². The van der Waals surface area contributed by atoms with E-state index in [1.54, 1.807) is 0 Å². The Kier molecular flexibility index (Phi) is 2.80.